The Morgan fingerprint density at radius 2 is 1.14 bits per heavy atom. The second-order valence-corrected chi connectivity index (χ2v) is 11.7. The highest BCUT2D eigenvalue weighted by Crippen LogP contribution is 2.38. The van der Waals surface area contributed by atoms with Crippen LogP contribution in [0, 0.1) is 5.92 Å². The molecular formula is C34H41NO8. The van der Waals surface area contributed by atoms with Crippen molar-refractivity contribution < 1.29 is 38.7 Å². The van der Waals surface area contributed by atoms with Crippen molar-refractivity contribution in [3.63, 3.8) is 0 Å². The maximum Gasteiger partial charge on any atom is 0.407 e. The third kappa shape index (κ3) is 9.62. The molecule has 9 nitrogen and oxygen atoms in total. The molecule has 0 aliphatic heterocycles. The number of alkyl carbamates (subject to hydrolysis) is 1. The summed E-state index contributed by atoms with van der Waals surface area (Å²) in [5.41, 5.74) is 1.98. The van der Waals surface area contributed by atoms with Gasteiger partial charge in [-0.15, -0.1) is 0 Å². The number of aliphatic carboxylic acids is 1. The lowest BCUT2D eigenvalue weighted by Crippen LogP contribution is -2.49. The lowest BCUT2D eigenvalue weighted by Gasteiger charge is -2.29. The van der Waals surface area contributed by atoms with Gasteiger partial charge in [-0.2, -0.15) is 0 Å². The fourth-order valence-corrected chi connectivity index (χ4v) is 5.26. The molecule has 6 unspecified atom stereocenters. The molecular weight excluding hydrogens is 550 g/mol. The van der Waals surface area contributed by atoms with E-state index in [1.165, 1.54) is 0 Å². The Labute approximate surface area is 252 Å². The number of benzene rings is 3. The number of carbonyl (C=O) groups excluding carboxylic acids is 1. The van der Waals surface area contributed by atoms with Gasteiger partial charge in [0.2, 0.25) is 0 Å². The van der Waals surface area contributed by atoms with Crippen molar-refractivity contribution in [1.29, 1.82) is 0 Å². The summed E-state index contributed by atoms with van der Waals surface area (Å²) in [4.78, 5) is 24.9. The number of rotatable bonds is 13. The highest BCUT2D eigenvalue weighted by molar-refractivity contribution is 5.72. The van der Waals surface area contributed by atoms with Gasteiger partial charge >= 0.3 is 12.1 Å². The molecule has 0 spiro atoms. The van der Waals surface area contributed by atoms with Crippen molar-refractivity contribution in [3.8, 4) is 0 Å². The van der Waals surface area contributed by atoms with Crippen molar-refractivity contribution >= 4 is 12.1 Å². The normalized spacial score (nSPS) is 22.6. The first-order valence-electron chi connectivity index (χ1n) is 14.5. The quantitative estimate of drug-likeness (QED) is 0.251. The van der Waals surface area contributed by atoms with Gasteiger partial charge in [-0.25, -0.2) is 9.59 Å². The number of hydrogen-bond acceptors (Lipinski definition) is 7. The molecule has 230 valence electrons. The molecule has 1 amide bonds. The van der Waals surface area contributed by atoms with Crippen LogP contribution in [0.15, 0.2) is 91.0 Å². The Bertz CT molecular complexity index is 1280. The molecule has 0 saturated heterocycles. The molecule has 4 rings (SSSR count). The predicted molar refractivity (Wildman–Crippen MR) is 160 cm³/mol. The van der Waals surface area contributed by atoms with Crippen LogP contribution >= 0.6 is 0 Å². The second-order valence-electron chi connectivity index (χ2n) is 11.7. The number of carbonyl (C=O) groups is 2. The van der Waals surface area contributed by atoms with Gasteiger partial charge in [0, 0.05) is 5.92 Å². The molecule has 1 aliphatic carbocycles. The number of amides is 1. The van der Waals surface area contributed by atoms with Crippen molar-refractivity contribution in [2.75, 3.05) is 0 Å². The van der Waals surface area contributed by atoms with Crippen LogP contribution in [0.5, 0.6) is 0 Å². The summed E-state index contributed by atoms with van der Waals surface area (Å²) in [5.74, 6) is -2.06. The first-order valence-corrected chi connectivity index (χ1v) is 14.5. The summed E-state index contributed by atoms with van der Waals surface area (Å²) in [6.45, 7) is 5.93. The van der Waals surface area contributed by atoms with E-state index in [0.29, 0.717) is 0 Å². The molecule has 3 aromatic carbocycles. The zero-order chi connectivity index (χ0) is 30.8. The van der Waals surface area contributed by atoms with E-state index in [1.54, 1.807) is 20.8 Å². The zero-order valence-electron chi connectivity index (χ0n) is 24.8. The molecule has 0 bridgehead atoms. The van der Waals surface area contributed by atoms with E-state index in [0.717, 1.165) is 16.7 Å². The number of nitrogens with one attached hydrogen (secondary N) is 1. The minimum Gasteiger partial charge on any atom is -0.479 e. The topological polar surface area (TPSA) is 124 Å². The van der Waals surface area contributed by atoms with E-state index in [4.69, 9.17) is 18.9 Å². The first kappa shape index (κ1) is 32.2. The largest absolute Gasteiger partial charge is 0.479 e. The summed E-state index contributed by atoms with van der Waals surface area (Å²) in [5, 5.41) is 23.1. The van der Waals surface area contributed by atoms with Crippen molar-refractivity contribution in [2.45, 2.75) is 83.1 Å². The Morgan fingerprint density at radius 3 is 1.56 bits per heavy atom. The van der Waals surface area contributed by atoms with Gasteiger partial charge in [0.05, 0.1) is 32.0 Å². The molecule has 3 N–H and O–H groups in total. The number of ether oxygens (including phenoxy) is 4. The van der Waals surface area contributed by atoms with Crippen LogP contribution in [0.2, 0.25) is 0 Å². The number of aliphatic hydroxyl groups is 1. The Balaban J connectivity index is 1.71. The minimum atomic E-state index is -1.70. The van der Waals surface area contributed by atoms with Gasteiger partial charge in [-0.1, -0.05) is 91.0 Å². The van der Waals surface area contributed by atoms with Crippen LogP contribution in [0.1, 0.15) is 43.9 Å². The maximum atomic E-state index is 13.1. The van der Waals surface area contributed by atoms with Crippen LogP contribution in [0.25, 0.3) is 0 Å². The molecule has 43 heavy (non-hydrogen) atoms. The third-order valence-corrected chi connectivity index (χ3v) is 7.20. The SMILES string of the molecule is CC(C)(C)OC(=O)NC1C(CC(O)C(=O)O)C(OCc2ccccc2)C(OCc2ccccc2)C1OCc1ccccc1. The highest BCUT2D eigenvalue weighted by atomic mass is 16.6. The molecule has 1 aliphatic rings. The van der Waals surface area contributed by atoms with Crippen LogP contribution < -0.4 is 5.32 Å². The average Bonchev–Trinajstić information content (AvgIpc) is 3.24. The average molecular weight is 592 g/mol. The molecule has 1 saturated carbocycles. The van der Waals surface area contributed by atoms with Gasteiger partial charge in [0.15, 0.2) is 6.10 Å². The predicted octanol–water partition coefficient (Wildman–Crippen LogP) is 5.10. The van der Waals surface area contributed by atoms with Gasteiger partial charge < -0.3 is 34.5 Å². The van der Waals surface area contributed by atoms with E-state index < -0.39 is 54.0 Å². The van der Waals surface area contributed by atoms with Gasteiger partial charge in [0.25, 0.3) is 0 Å². The Morgan fingerprint density at radius 1 is 0.721 bits per heavy atom. The van der Waals surface area contributed by atoms with Crippen LogP contribution in [-0.4, -0.2) is 58.3 Å². The molecule has 3 aromatic rings. The summed E-state index contributed by atoms with van der Waals surface area (Å²) < 4.78 is 25.0. The molecule has 9 heteroatoms. The van der Waals surface area contributed by atoms with E-state index in [-0.39, 0.29) is 26.2 Å². The molecule has 0 heterocycles. The Hall–Kier alpha value is -3.76. The van der Waals surface area contributed by atoms with Gasteiger partial charge in [-0.05, 0) is 43.9 Å². The van der Waals surface area contributed by atoms with Crippen LogP contribution in [0.4, 0.5) is 4.79 Å². The van der Waals surface area contributed by atoms with E-state index >= 15 is 0 Å². The van der Waals surface area contributed by atoms with E-state index in [2.05, 4.69) is 5.32 Å². The molecule has 6 atom stereocenters. The summed E-state index contributed by atoms with van der Waals surface area (Å²) in [6.07, 6.45) is -4.81. The van der Waals surface area contributed by atoms with Gasteiger partial charge in [0.1, 0.15) is 17.8 Å². The van der Waals surface area contributed by atoms with E-state index in [9.17, 15) is 19.8 Å². The van der Waals surface area contributed by atoms with Crippen molar-refractivity contribution in [1.82, 2.24) is 5.32 Å². The standard InChI is InChI=1S/C34H41NO8/c1-34(2,3)43-33(39)35-28-26(19-27(36)32(37)38)29(40-20-23-13-7-4-8-14-23)31(42-22-25-17-11-6-12-18-25)30(28)41-21-24-15-9-5-10-16-24/h4-18,26-31,36H,19-22H2,1-3H3,(H,35,39)(H,37,38). The molecule has 0 radical (unpaired) electrons. The smallest absolute Gasteiger partial charge is 0.407 e. The fourth-order valence-electron chi connectivity index (χ4n) is 5.26. The fraction of sp³-hybridized carbons (Fsp3) is 0.412. The van der Waals surface area contributed by atoms with Crippen LogP contribution in [-0.2, 0) is 43.6 Å². The first-order chi connectivity index (χ1) is 20.6. The highest BCUT2D eigenvalue weighted by Gasteiger charge is 2.54. The second kappa shape index (κ2) is 15.1. The number of aliphatic hydroxyl groups excluding tert-OH is 1. The van der Waals surface area contributed by atoms with Crippen molar-refractivity contribution in [3.05, 3.63) is 108 Å². The lowest BCUT2D eigenvalue weighted by atomic mass is 9.93. The summed E-state index contributed by atoms with van der Waals surface area (Å²) >= 11 is 0. The van der Waals surface area contributed by atoms with E-state index in [1.807, 2.05) is 91.0 Å². The number of carboxylic acid groups (broad SMARTS) is 1. The number of carboxylic acids is 1. The summed E-state index contributed by atoms with van der Waals surface area (Å²) in [6, 6.07) is 28.0. The lowest BCUT2D eigenvalue weighted by molar-refractivity contribution is -0.149. The molecule has 1 fully saturated rings. The van der Waals surface area contributed by atoms with Gasteiger partial charge in [-0.3, -0.25) is 0 Å². The zero-order valence-corrected chi connectivity index (χ0v) is 24.8. The third-order valence-electron chi connectivity index (χ3n) is 7.20. The maximum absolute atomic E-state index is 13.1. The van der Waals surface area contributed by atoms with Crippen LogP contribution in [0.3, 0.4) is 0 Å². The Kier molecular flexibility index (Phi) is 11.3. The monoisotopic (exact) mass is 591 g/mol. The minimum absolute atomic E-state index is 0.203. The summed E-state index contributed by atoms with van der Waals surface area (Å²) in [7, 11) is 0. The number of hydrogen-bond donors (Lipinski definition) is 3. The van der Waals surface area contributed by atoms with Crippen molar-refractivity contribution in [2.24, 2.45) is 5.92 Å². The molecule has 0 aromatic heterocycles.